The molecule has 0 aliphatic rings. The smallest absolute Gasteiger partial charge is 0.291 e. The maximum Gasteiger partial charge on any atom is 0.291 e. The Morgan fingerprint density at radius 1 is 1.03 bits per heavy atom. The molecule has 29 heavy (non-hydrogen) atoms. The second-order valence-electron chi connectivity index (χ2n) is 7.99. The molecular formula is C24H30N2O2S. The third-order valence-corrected chi connectivity index (χ3v) is 5.76. The number of nitrogens with one attached hydrogen (secondary N) is 1. The van der Waals surface area contributed by atoms with E-state index in [-0.39, 0.29) is 5.91 Å². The van der Waals surface area contributed by atoms with Gasteiger partial charge in [0.2, 0.25) is 0 Å². The fourth-order valence-corrected chi connectivity index (χ4v) is 4.01. The first-order valence-electron chi connectivity index (χ1n) is 10.1. The Morgan fingerprint density at radius 2 is 1.79 bits per heavy atom. The van der Waals surface area contributed by atoms with Crippen molar-refractivity contribution in [2.24, 2.45) is 5.92 Å². The molecule has 0 unspecified atom stereocenters. The summed E-state index contributed by atoms with van der Waals surface area (Å²) >= 11 is 1.84. The quantitative estimate of drug-likeness (QED) is 0.453. The molecule has 0 saturated carbocycles. The summed E-state index contributed by atoms with van der Waals surface area (Å²) in [6.45, 7) is 11.2. The molecule has 4 nitrogen and oxygen atoms in total. The Labute approximate surface area is 177 Å². The summed E-state index contributed by atoms with van der Waals surface area (Å²) in [6, 6.07) is 15.8. The van der Waals surface area contributed by atoms with Gasteiger partial charge in [-0.2, -0.15) is 0 Å². The lowest BCUT2D eigenvalue weighted by Crippen LogP contribution is -2.24. The summed E-state index contributed by atoms with van der Waals surface area (Å²) < 4.78 is 5.87. The predicted octanol–water partition coefficient (Wildman–Crippen LogP) is 6.26. The summed E-state index contributed by atoms with van der Waals surface area (Å²) in [5.41, 5.74) is 1.93. The van der Waals surface area contributed by atoms with Crippen LogP contribution in [0.1, 0.15) is 51.9 Å². The zero-order chi connectivity index (χ0) is 20.8. The van der Waals surface area contributed by atoms with Gasteiger partial charge in [-0.3, -0.25) is 9.69 Å². The Kier molecular flexibility index (Phi) is 7.29. The van der Waals surface area contributed by atoms with Gasteiger partial charge in [0, 0.05) is 22.0 Å². The van der Waals surface area contributed by atoms with Crippen molar-refractivity contribution in [2.45, 2.75) is 47.2 Å². The van der Waals surface area contributed by atoms with Gasteiger partial charge in [0.15, 0.2) is 5.76 Å². The number of benzene rings is 1. The number of anilines is 1. The monoisotopic (exact) mass is 410 g/mol. The van der Waals surface area contributed by atoms with E-state index in [0.29, 0.717) is 18.2 Å². The fraction of sp³-hybridized carbons (Fsp3) is 0.375. The minimum absolute atomic E-state index is 0.220. The average molecular weight is 411 g/mol. The van der Waals surface area contributed by atoms with Crippen LogP contribution in [0.4, 0.5) is 5.69 Å². The SMILES string of the molecule is Cc1ccc(NC(=O)c2ccc(CN(CCC(C)C)Cc3ccc(C)s3)o2)cc1. The van der Waals surface area contributed by atoms with Crippen LogP contribution < -0.4 is 5.32 Å². The molecule has 3 aromatic rings. The Bertz CT molecular complexity index is 925. The molecule has 0 bridgehead atoms. The molecule has 1 N–H and O–H groups in total. The van der Waals surface area contributed by atoms with E-state index >= 15 is 0 Å². The molecule has 0 radical (unpaired) electrons. The molecule has 0 spiro atoms. The van der Waals surface area contributed by atoms with Crippen LogP contribution in [0.2, 0.25) is 0 Å². The van der Waals surface area contributed by atoms with E-state index in [1.807, 2.05) is 48.6 Å². The Hall–Kier alpha value is -2.37. The Balaban J connectivity index is 1.64. The first-order valence-corrected chi connectivity index (χ1v) is 10.9. The van der Waals surface area contributed by atoms with E-state index < -0.39 is 0 Å². The summed E-state index contributed by atoms with van der Waals surface area (Å²) in [7, 11) is 0. The number of rotatable bonds is 9. The van der Waals surface area contributed by atoms with Gasteiger partial charge in [-0.1, -0.05) is 31.5 Å². The molecule has 1 amide bonds. The van der Waals surface area contributed by atoms with E-state index in [4.69, 9.17) is 4.42 Å². The maximum absolute atomic E-state index is 12.5. The van der Waals surface area contributed by atoms with E-state index in [1.54, 1.807) is 6.07 Å². The molecule has 5 heteroatoms. The highest BCUT2D eigenvalue weighted by molar-refractivity contribution is 7.11. The van der Waals surface area contributed by atoms with Crippen molar-refractivity contribution in [1.82, 2.24) is 4.90 Å². The molecule has 2 heterocycles. The molecule has 2 aromatic heterocycles. The lowest BCUT2D eigenvalue weighted by atomic mass is 10.1. The second-order valence-corrected chi connectivity index (χ2v) is 9.36. The third-order valence-electron chi connectivity index (χ3n) is 4.77. The summed E-state index contributed by atoms with van der Waals surface area (Å²) in [6.07, 6.45) is 1.13. The van der Waals surface area contributed by atoms with Crippen LogP contribution in [0.15, 0.2) is 52.9 Å². The third kappa shape index (κ3) is 6.58. The Morgan fingerprint density at radius 3 is 2.45 bits per heavy atom. The summed E-state index contributed by atoms with van der Waals surface area (Å²) in [5, 5.41) is 2.89. The maximum atomic E-state index is 12.5. The van der Waals surface area contributed by atoms with Crippen molar-refractivity contribution in [3.63, 3.8) is 0 Å². The van der Waals surface area contributed by atoms with Crippen LogP contribution >= 0.6 is 11.3 Å². The van der Waals surface area contributed by atoms with Crippen molar-refractivity contribution >= 4 is 22.9 Å². The van der Waals surface area contributed by atoms with Crippen LogP contribution in [0.5, 0.6) is 0 Å². The first-order chi connectivity index (χ1) is 13.9. The van der Waals surface area contributed by atoms with Crippen molar-refractivity contribution in [3.8, 4) is 0 Å². The molecule has 0 saturated heterocycles. The zero-order valence-electron chi connectivity index (χ0n) is 17.7. The van der Waals surface area contributed by atoms with Crippen molar-refractivity contribution in [3.05, 3.63) is 75.4 Å². The number of hydrogen-bond donors (Lipinski definition) is 1. The molecular weight excluding hydrogens is 380 g/mol. The van der Waals surface area contributed by atoms with Gasteiger partial charge in [-0.15, -0.1) is 11.3 Å². The standard InChI is InChI=1S/C24H30N2O2S/c1-17(2)13-14-26(16-22-11-7-19(4)29-22)15-21-10-12-23(28-21)24(27)25-20-8-5-18(3)6-9-20/h5-12,17H,13-16H2,1-4H3,(H,25,27). The predicted molar refractivity (Wildman–Crippen MR) is 120 cm³/mol. The molecule has 3 rings (SSSR count). The van der Waals surface area contributed by atoms with Gasteiger partial charge in [0.1, 0.15) is 5.76 Å². The number of furan rings is 1. The normalized spacial score (nSPS) is 11.4. The minimum Gasteiger partial charge on any atom is -0.455 e. The first kappa shape index (κ1) is 21.3. The molecule has 0 aliphatic carbocycles. The minimum atomic E-state index is -0.220. The van der Waals surface area contributed by atoms with E-state index in [2.05, 4.69) is 43.1 Å². The summed E-state index contributed by atoms with van der Waals surface area (Å²) in [4.78, 5) is 17.6. The molecule has 1 aromatic carbocycles. The zero-order valence-corrected chi connectivity index (χ0v) is 18.5. The number of nitrogens with zero attached hydrogens (tertiary/aromatic N) is 1. The van der Waals surface area contributed by atoms with Crippen molar-refractivity contribution < 1.29 is 9.21 Å². The lowest BCUT2D eigenvalue weighted by molar-refractivity contribution is 0.0992. The molecule has 0 aliphatic heterocycles. The van der Waals surface area contributed by atoms with E-state index in [9.17, 15) is 4.79 Å². The largest absolute Gasteiger partial charge is 0.455 e. The topological polar surface area (TPSA) is 45.5 Å². The highest BCUT2D eigenvalue weighted by Crippen LogP contribution is 2.20. The summed E-state index contributed by atoms with van der Waals surface area (Å²) in [5.74, 6) is 1.59. The van der Waals surface area contributed by atoms with Crippen LogP contribution in [-0.2, 0) is 13.1 Å². The van der Waals surface area contributed by atoms with Crippen LogP contribution in [0.25, 0.3) is 0 Å². The number of thiophene rings is 1. The van der Waals surface area contributed by atoms with Crippen LogP contribution in [0, 0.1) is 19.8 Å². The number of hydrogen-bond acceptors (Lipinski definition) is 4. The second kappa shape index (κ2) is 9.90. The van der Waals surface area contributed by atoms with Gasteiger partial charge in [-0.05, 0) is 69.1 Å². The van der Waals surface area contributed by atoms with Crippen LogP contribution in [-0.4, -0.2) is 17.4 Å². The number of carbonyl (C=O) groups excluding carboxylic acids is 1. The van der Waals surface area contributed by atoms with Gasteiger partial charge in [0.25, 0.3) is 5.91 Å². The number of aryl methyl sites for hydroxylation is 2. The van der Waals surface area contributed by atoms with Gasteiger partial charge in [0.05, 0.1) is 6.54 Å². The van der Waals surface area contributed by atoms with Gasteiger partial charge in [-0.25, -0.2) is 0 Å². The highest BCUT2D eigenvalue weighted by Gasteiger charge is 2.15. The lowest BCUT2D eigenvalue weighted by Gasteiger charge is -2.21. The molecule has 0 fully saturated rings. The average Bonchev–Trinajstić information content (AvgIpc) is 3.30. The molecule has 154 valence electrons. The number of carbonyl (C=O) groups is 1. The fourth-order valence-electron chi connectivity index (χ4n) is 3.08. The number of amides is 1. The van der Waals surface area contributed by atoms with Crippen LogP contribution in [0.3, 0.4) is 0 Å². The van der Waals surface area contributed by atoms with Gasteiger partial charge < -0.3 is 9.73 Å². The van der Waals surface area contributed by atoms with Gasteiger partial charge >= 0.3 is 0 Å². The van der Waals surface area contributed by atoms with E-state index in [1.165, 1.54) is 9.75 Å². The van der Waals surface area contributed by atoms with Crippen molar-refractivity contribution in [2.75, 3.05) is 11.9 Å². The molecule has 0 atom stereocenters. The highest BCUT2D eigenvalue weighted by atomic mass is 32.1. The van der Waals surface area contributed by atoms with E-state index in [0.717, 1.165) is 36.5 Å². The van der Waals surface area contributed by atoms with Crippen molar-refractivity contribution in [1.29, 1.82) is 0 Å².